The molecule has 2 aliphatic rings. The smallest absolute Gasteiger partial charge is 0.410 e. The normalized spacial score (nSPS) is 25.1. The number of aromatic nitrogens is 3. The van der Waals surface area contributed by atoms with Crippen molar-refractivity contribution >= 4 is 35.2 Å². The Morgan fingerprint density at radius 2 is 1.86 bits per heavy atom. The van der Waals surface area contributed by atoms with Crippen LogP contribution in [-0.2, 0) is 14.3 Å². The van der Waals surface area contributed by atoms with Gasteiger partial charge in [-0.15, -0.1) is 0 Å². The molecule has 1 aliphatic heterocycles. The third kappa shape index (κ3) is 5.03. The maximum Gasteiger partial charge on any atom is 0.410 e. The molecule has 10 heteroatoms. The molecule has 2 aromatic rings. The number of ether oxygens (including phenoxy) is 2. The zero-order valence-electron chi connectivity index (χ0n) is 22.1. The average Bonchev–Trinajstić information content (AvgIpc) is 3.23. The van der Waals surface area contributed by atoms with E-state index in [2.05, 4.69) is 14.9 Å². The monoisotopic (exact) mass is 499 g/mol. The lowest BCUT2D eigenvalue weighted by Gasteiger charge is -2.44. The van der Waals surface area contributed by atoms with Crippen LogP contribution in [0.15, 0.2) is 12.5 Å². The Labute approximate surface area is 211 Å². The molecule has 10 nitrogen and oxygen atoms in total. The molecule has 0 aromatic carbocycles. The molecule has 4 rings (SSSR count). The van der Waals surface area contributed by atoms with Crippen LogP contribution >= 0.6 is 0 Å². The van der Waals surface area contributed by atoms with Gasteiger partial charge in [-0.25, -0.2) is 14.8 Å². The molecule has 2 aromatic heterocycles. The molecule has 196 valence electrons. The van der Waals surface area contributed by atoms with Gasteiger partial charge in [0.25, 0.3) is 0 Å². The summed E-state index contributed by atoms with van der Waals surface area (Å²) >= 11 is 0. The number of anilines is 1. The number of aldehydes is 1. The Morgan fingerprint density at radius 1 is 1.11 bits per heavy atom. The maximum absolute atomic E-state index is 12.8. The number of piperazine rings is 1. The lowest BCUT2D eigenvalue weighted by Crippen LogP contribution is -2.59. The van der Waals surface area contributed by atoms with Crippen molar-refractivity contribution in [2.24, 2.45) is 5.92 Å². The van der Waals surface area contributed by atoms with Crippen LogP contribution in [0.5, 0.6) is 0 Å². The fourth-order valence-corrected chi connectivity index (χ4v) is 5.48. The van der Waals surface area contributed by atoms with Crippen molar-refractivity contribution in [2.45, 2.75) is 84.0 Å². The molecule has 2 unspecified atom stereocenters. The average molecular weight is 500 g/mol. The highest BCUT2D eigenvalue weighted by Crippen LogP contribution is 2.38. The predicted octanol–water partition coefficient (Wildman–Crippen LogP) is 3.98. The lowest BCUT2D eigenvalue weighted by atomic mass is 9.85. The first kappa shape index (κ1) is 25.9. The highest BCUT2D eigenvalue weighted by atomic mass is 16.6. The fraction of sp³-hybridized carbons (Fsp3) is 0.654. The van der Waals surface area contributed by atoms with Crippen molar-refractivity contribution in [3.05, 3.63) is 18.1 Å². The van der Waals surface area contributed by atoms with Crippen molar-refractivity contribution in [1.29, 1.82) is 0 Å². The second kappa shape index (κ2) is 10.1. The molecule has 0 N–H and O–H groups in total. The van der Waals surface area contributed by atoms with Crippen LogP contribution in [0, 0.1) is 5.92 Å². The minimum absolute atomic E-state index is 0.0437. The molecule has 36 heavy (non-hydrogen) atoms. The van der Waals surface area contributed by atoms with Crippen LogP contribution in [0.3, 0.4) is 0 Å². The van der Waals surface area contributed by atoms with E-state index in [0.717, 1.165) is 25.5 Å². The Balaban J connectivity index is 1.65. The van der Waals surface area contributed by atoms with Crippen LogP contribution < -0.4 is 4.90 Å². The van der Waals surface area contributed by atoms with Crippen molar-refractivity contribution in [3.8, 4) is 0 Å². The molecule has 1 amide bonds. The lowest BCUT2D eigenvalue weighted by molar-refractivity contribution is -0.147. The number of rotatable bonds is 4. The van der Waals surface area contributed by atoms with Gasteiger partial charge in [-0.05, 0) is 53.9 Å². The third-order valence-corrected chi connectivity index (χ3v) is 7.21. The van der Waals surface area contributed by atoms with E-state index in [0.29, 0.717) is 41.9 Å². The first-order valence-electron chi connectivity index (χ1n) is 12.7. The number of amides is 1. The summed E-state index contributed by atoms with van der Waals surface area (Å²) < 4.78 is 12.6. The summed E-state index contributed by atoms with van der Waals surface area (Å²) in [5.41, 5.74) is 0.645. The second-order valence-electron chi connectivity index (χ2n) is 11.0. The fourth-order valence-electron chi connectivity index (χ4n) is 5.48. The van der Waals surface area contributed by atoms with E-state index in [1.165, 1.54) is 13.4 Å². The number of hydrogen-bond donors (Lipinski definition) is 0. The van der Waals surface area contributed by atoms with E-state index in [-0.39, 0.29) is 36.1 Å². The van der Waals surface area contributed by atoms with Gasteiger partial charge in [-0.1, -0.05) is 6.42 Å². The standard InChI is InChI=1S/C26H37N5O5/c1-16-12-30(25(34)36-26(3,4)5)17(2)11-29(16)22-21-19(14-32)13-31(23(21)28-15-27-22)20-9-7-8-18(10-20)24(33)35-6/h13-18,20H,7-12H2,1-6H3/t16-,17+,18?,20?/m0/s1. The molecule has 3 heterocycles. The number of esters is 1. The Hall–Kier alpha value is -3.17. The number of carbonyl (C=O) groups excluding carboxylic acids is 3. The van der Waals surface area contributed by atoms with E-state index in [4.69, 9.17) is 9.47 Å². The summed E-state index contributed by atoms with van der Waals surface area (Å²) in [6.07, 6.45) is 7.14. The van der Waals surface area contributed by atoms with Gasteiger partial charge in [-0.2, -0.15) is 0 Å². The molecular formula is C26H37N5O5. The summed E-state index contributed by atoms with van der Waals surface area (Å²) in [5.74, 6) is 0.339. The van der Waals surface area contributed by atoms with Gasteiger partial charge in [0, 0.05) is 43.0 Å². The van der Waals surface area contributed by atoms with Gasteiger partial charge in [0.15, 0.2) is 6.29 Å². The highest BCUT2D eigenvalue weighted by molar-refractivity contribution is 6.02. The van der Waals surface area contributed by atoms with Crippen molar-refractivity contribution < 1.29 is 23.9 Å². The van der Waals surface area contributed by atoms with Gasteiger partial charge in [0.2, 0.25) is 0 Å². The number of fused-ring (bicyclic) bond motifs is 1. The number of nitrogens with zero attached hydrogens (tertiary/aromatic N) is 5. The summed E-state index contributed by atoms with van der Waals surface area (Å²) in [6, 6.07) is -0.114. The topological polar surface area (TPSA) is 107 Å². The molecule has 1 saturated carbocycles. The first-order valence-corrected chi connectivity index (χ1v) is 12.7. The second-order valence-corrected chi connectivity index (χ2v) is 11.0. The number of hydrogen-bond acceptors (Lipinski definition) is 8. The van der Waals surface area contributed by atoms with E-state index in [9.17, 15) is 14.4 Å². The minimum atomic E-state index is -0.566. The summed E-state index contributed by atoms with van der Waals surface area (Å²) in [5, 5.41) is 0.706. The molecular weight excluding hydrogens is 462 g/mol. The van der Waals surface area contributed by atoms with Crippen molar-refractivity contribution in [2.75, 3.05) is 25.1 Å². The molecule has 0 bridgehead atoms. The maximum atomic E-state index is 12.8. The van der Waals surface area contributed by atoms with Gasteiger partial charge in [-0.3, -0.25) is 9.59 Å². The molecule has 1 saturated heterocycles. The van der Waals surface area contributed by atoms with Gasteiger partial charge in [0.05, 0.1) is 18.4 Å². The highest BCUT2D eigenvalue weighted by Gasteiger charge is 2.37. The van der Waals surface area contributed by atoms with Crippen LogP contribution in [0.25, 0.3) is 11.0 Å². The molecule has 2 fully saturated rings. The van der Waals surface area contributed by atoms with Crippen LogP contribution in [-0.4, -0.2) is 75.7 Å². The van der Waals surface area contributed by atoms with Gasteiger partial charge in [0.1, 0.15) is 23.4 Å². The molecule has 0 spiro atoms. The summed E-state index contributed by atoms with van der Waals surface area (Å²) in [4.78, 5) is 50.2. The largest absolute Gasteiger partial charge is 0.469 e. The Morgan fingerprint density at radius 3 is 2.53 bits per heavy atom. The minimum Gasteiger partial charge on any atom is -0.469 e. The van der Waals surface area contributed by atoms with Crippen LogP contribution in [0.1, 0.15) is 76.7 Å². The molecule has 4 atom stereocenters. The first-order chi connectivity index (χ1) is 17.0. The van der Waals surface area contributed by atoms with Crippen LogP contribution in [0.2, 0.25) is 0 Å². The zero-order valence-corrected chi connectivity index (χ0v) is 22.1. The number of methoxy groups -OCH3 is 1. The number of carbonyl (C=O) groups is 3. The summed E-state index contributed by atoms with van der Waals surface area (Å²) in [7, 11) is 1.42. The molecule has 0 radical (unpaired) electrons. The van der Waals surface area contributed by atoms with Gasteiger partial charge < -0.3 is 23.8 Å². The quantitative estimate of drug-likeness (QED) is 0.459. The SMILES string of the molecule is COC(=O)C1CCCC(n2cc(C=O)c3c(N4C[C@@H](C)N(C(=O)OC(C)(C)C)C[C@@H]4C)ncnc32)C1. The zero-order chi connectivity index (χ0) is 26.2. The van der Waals surface area contributed by atoms with E-state index >= 15 is 0 Å². The van der Waals surface area contributed by atoms with Gasteiger partial charge >= 0.3 is 12.1 Å². The van der Waals surface area contributed by atoms with Crippen molar-refractivity contribution in [1.82, 2.24) is 19.4 Å². The van der Waals surface area contributed by atoms with Crippen LogP contribution in [0.4, 0.5) is 10.6 Å². The Kier molecular flexibility index (Phi) is 7.24. The van der Waals surface area contributed by atoms with E-state index in [1.54, 1.807) is 4.90 Å². The van der Waals surface area contributed by atoms with E-state index in [1.807, 2.05) is 45.4 Å². The summed E-state index contributed by atoms with van der Waals surface area (Å²) in [6.45, 7) is 10.6. The molecule has 1 aliphatic carbocycles. The van der Waals surface area contributed by atoms with Crippen molar-refractivity contribution in [3.63, 3.8) is 0 Å². The van der Waals surface area contributed by atoms with E-state index < -0.39 is 5.60 Å². The predicted molar refractivity (Wildman–Crippen MR) is 135 cm³/mol. The third-order valence-electron chi connectivity index (χ3n) is 7.21. The Bertz CT molecular complexity index is 1140.